The first kappa shape index (κ1) is 12.0. The third-order valence-electron chi connectivity index (χ3n) is 3.25. The van der Waals surface area contributed by atoms with Crippen molar-refractivity contribution in [2.75, 3.05) is 18.4 Å². The fraction of sp³-hybridized carbons (Fsp3) is 0.286. The lowest BCUT2D eigenvalue weighted by Gasteiger charge is -2.12. The molecular weight excluding hydrogens is 243 g/mol. The second-order valence-corrected chi connectivity index (χ2v) is 4.50. The summed E-state index contributed by atoms with van der Waals surface area (Å²) in [5, 5.41) is 6.40. The van der Waals surface area contributed by atoms with E-state index < -0.39 is 0 Å². The van der Waals surface area contributed by atoms with E-state index in [4.69, 9.17) is 0 Å². The van der Waals surface area contributed by atoms with Gasteiger partial charge in [-0.15, -0.1) is 0 Å². The molecule has 5 heteroatoms. The van der Waals surface area contributed by atoms with Crippen LogP contribution in [0.4, 0.5) is 15.9 Å². The van der Waals surface area contributed by atoms with Gasteiger partial charge in [-0.2, -0.15) is 0 Å². The maximum Gasteiger partial charge on any atom is 0.146 e. The van der Waals surface area contributed by atoms with Crippen molar-refractivity contribution in [3.8, 4) is 0 Å². The lowest BCUT2D eigenvalue weighted by Crippen LogP contribution is -2.16. The molecule has 1 aliphatic heterocycles. The number of hydrogen-bond donors (Lipinski definition) is 2. The minimum atomic E-state index is -0.276. The van der Waals surface area contributed by atoms with Crippen LogP contribution in [0.2, 0.25) is 0 Å². The topological polar surface area (TPSA) is 49.8 Å². The van der Waals surface area contributed by atoms with Crippen LogP contribution in [0.5, 0.6) is 0 Å². The first-order chi connectivity index (χ1) is 9.34. The van der Waals surface area contributed by atoms with E-state index in [9.17, 15) is 4.39 Å². The molecule has 0 saturated heterocycles. The summed E-state index contributed by atoms with van der Waals surface area (Å²) < 4.78 is 13.7. The summed E-state index contributed by atoms with van der Waals surface area (Å²) in [5.41, 5.74) is 2.56. The predicted octanol–water partition coefficient (Wildman–Crippen LogP) is 2.05. The van der Waals surface area contributed by atoms with Gasteiger partial charge in [0.05, 0.1) is 11.4 Å². The molecule has 1 aliphatic rings. The maximum absolute atomic E-state index is 13.7. The van der Waals surface area contributed by atoms with Crippen molar-refractivity contribution in [1.29, 1.82) is 0 Å². The quantitative estimate of drug-likeness (QED) is 0.865. The lowest BCUT2D eigenvalue weighted by molar-refractivity contribution is 0.631. The van der Waals surface area contributed by atoms with Crippen LogP contribution in [0.1, 0.15) is 11.3 Å². The lowest BCUT2D eigenvalue weighted by atomic mass is 10.1. The molecule has 0 amide bonds. The van der Waals surface area contributed by atoms with E-state index in [-0.39, 0.29) is 5.82 Å². The summed E-state index contributed by atoms with van der Waals surface area (Å²) in [6, 6.07) is 6.61. The van der Waals surface area contributed by atoms with E-state index in [0.717, 1.165) is 37.2 Å². The molecular formula is C14H15FN4. The van der Waals surface area contributed by atoms with Gasteiger partial charge < -0.3 is 10.6 Å². The Balaban J connectivity index is 1.95. The Hall–Kier alpha value is -2.01. The third kappa shape index (κ3) is 2.56. The molecule has 0 bridgehead atoms. The third-order valence-corrected chi connectivity index (χ3v) is 3.25. The molecule has 0 radical (unpaired) electrons. The number of para-hydroxylation sites is 1. The normalized spacial score (nSPS) is 14.6. The maximum atomic E-state index is 13.7. The molecule has 98 valence electrons. The molecule has 0 saturated carbocycles. The van der Waals surface area contributed by atoms with Gasteiger partial charge >= 0.3 is 0 Å². The molecule has 0 spiro atoms. The van der Waals surface area contributed by atoms with E-state index in [0.29, 0.717) is 11.5 Å². The number of nitrogens with one attached hydrogen (secondary N) is 2. The van der Waals surface area contributed by atoms with E-state index in [1.165, 1.54) is 12.4 Å². The molecule has 1 aromatic carbocycles. The molecule has 0 fully saturated rings. The summed E-state index contributed by atoms with van der Waals surface area (Å²) in [5.74, 6) is 0.431. The highest BCUT2D eigenvalue weighted by Gasteiger charge is 2.14. The van der Waals surface area contributed by atoms with E-state index >= 15 is 0 Å². The van der Waals surface area contributed by atoms with Crippen molar-refractivity contribution in [3.63, 3.8) is 0 Å². The van der Waals surface area contributed by atoms with Gasteiger partial charge in [0.1, 0.15) is 18.0 Å². The smallest absolute Gasteiger partial charge is 0.146 e. The highest BCUT2D eigenvalue weighted by atomic mass is 19.1. The first-order valence-corrected chi connectivity index (χ1v) is 6.39. The molecule has 2 aromatic rings. The zero-order valence-corrected chi connectivity index (χ0v) is 10.5. The van der Waals surface area contributed by atoms with Crippen LogP contribution in [-0.2, 0) is 12.8 Å². The zero-order valence-electron chi connectivity index (χ0n) is 10.5. The molecule has 0 aliphatic carbocycles. The second-order valence-electron chi connectivity index (χ2n) is 4.50. The van der Waals surface area contributed by atoms with Crippen molar-refractivity contribution in [2.45, 2.75) is 12.8 Å². The fourth-order valence-electron chi connectivity index (χ4n) is 2.27. The summed E-state index contributed by atoms with van der Waals surface area (Å²) >= 11 is 0. The first-order valence-electron chi connectivity index (χ1n) is 6.39. The molecule has 2 heterocycles. The van der Waals surface area contributed by atoms with Gasteiger partial charge in [0.2, 0.25) is 0 Å². The Bertz CT molecular complexity index is 585. The second kappa shape index (κ2) is 5.32. The van der Waals surface area contributed by atoms with E-state index in [1.54, 1.807) is 18.2 Å². The number of halogens is 1. The van der Waals surface area contributed by atoms with Crippen LogP contribution in [0.25, 0.3) is 0 Å². The Morgan fingerprint density at radius 3 is 2.84 bits per heavy atom. The van der Waals surface area contributed by atoms with Crippen molar-refractivity contribution < 1.29 is 4.39 Å². The standard InChI is InChI=1S/C14H15FN4/c15-11-3-1-2-4-13(11)19-14-10-5-7-16-8-6-12(10)17-9-18-14/h1-4,9,16H,5-8H2,(H,17,18,19). The summed E-state index contributed by atoms with van der Waals surface area (Å²) in [6.07, 6.45) is 3.27. The van der Waals surface area contributed by atoms with Crippen molar-refractivity contribution in [1.82, 2.24) is 15.3 Å². The zero-order chi connectivity index (χ0) is 13.1. The van der Waals surface area contributed by atoms with Crippen LogP contribution in [0.3, 0.4) is 0 Å². The highest BCUT2D eigenvalue weighted by molar-refractivity contribution is 5.60. The van der Waals surface area contributed by atoms with Gasteiger partial charge in [-0.3, -0.25) is 0 Å². The summed E-state index contributed by atoms with van der Waals surface area (Å²) in [7, 11) is 0. The van der Waals surface area contributed by atoms with Gasteiger partial charge in [-0.05, 0) is 25.1 Å². The molecule has 4 nitrogen and oxygen atoms in total. The van der Waals surface area contributed by atoms with Crippen LogP contribution in [0, 0.1) is 5.82 Å². The molecule has 0 atom stereocenters. The Labute approximate surface area is 111 Å². The number of aromatic nitrogens is 2. The minimum absolute atomic E-state index is 0.276. The predicted molar refractivity (Wildman–Crippen MR) is 72.0 cm³/mol. The SMILES string of the molecule is Fc1ccccc1Nc1ncnc2c1CCNCC2. The Morgan fingerprint density at radius 1 is 1.11 bits per heavy atom. The Morgan fingerprint density at radius 2 is 1.95 bits per heavy atom. The van der Waals surface area contributed by atoms with Gasteiger partial charge in [0, 0.05) is 18.5 Å². The number of fused-ring (bicyclic) bond motifs is 1. The van der Waals surface area contributed by atoms with Gasteiger partial charge in [0.25, 0.3) is 0 Å². The molecule has 0 unspecified atom stereocenters. The minimum Gasteiger partial charge on any atom is -0.338 e. The number of nitrogens with zero attached hydrogens (tertiary/aromatic N) is 2. The van der Waals surface area contributed by atoms with Crippen LogP contribution < -0.4 is 10.6 Å². The van der Waals surface area contributed by atoms with Gasteiger partial charge in [-0.25, -0.2) is 14.4 Å². The number of hydrogen-bond acceptors (Lipinski definition) is 4. The van der Waals surface area contributed by atoms with E-state index in [2.05, 4.69) is 20.6 Å². The van der Waals surface area contributed by atoms with Crippen molar-refractivity contribution >= 4 is 11.5 Å². The van der Waals surface area contributed by atoms with Crippen molar-refractivity contribution in [2.24, 2.45) is 0 Å². The molecule has 1 aromatic heterocycles. The van der Waals surface area contributed by atoms with E-state index in [1.807, 2.05) is 0 Å². The number of anilines is 2. The average Bonchev–Trinajstić information content (AvgIpc) is 2.67. The summed E-state index contributed by atoms with van der Waals surface area (Å²) in [6.45, 7) is 1.81. The van der Waals surface area contributed by atoms with Gasteiger partial charge in [-0.1, -0.05) is 12.1 Å². The molecule has 2 N–H and O–H groups in total. The summed E-state index contributed by atoms with van der Waals surface area (Å²) in [4.78, 5) is 8.57. The average molecular weight is 258 g/mol. The van der Waals surface area contributed by atoms with Gasteiger partial charge in [0.15, 0.2) is 0 Å². The number of rotatable bonds is 2. The Kier molecular flexibility index (Phi) is 3.37. The number of benzene rings is 1. The fourth-order valence-corrected chi connectivity index (χ4v) is 2.27. The largest absolute Gasteiger partial charge is 0.338 e. The van der Waals surface area contributed by atoms with Crippen LogP contribution >= 0.6 is 0 Å². The van der Waals surface area contributed by atoms with Crippen LogP contribution in [-0.4, -0.2) is 23.1 Å². The monoisotopic (exact) mass is 258 g/mol. The molecule has 3 rings (SSSR count). The van der Waals surface area contributed by atoms with Crippen molar-refractivity contribution in [3.05, 3.63) is 47.7 Å². The highest BCUT2D eigenvalue weighted by Crippen LogP contribution is 2.23. The van der Waals surface area contributed by atoms with Crippen LogP contribution in [0.15, 0.2) is 30.6 Å². The molecule has 19 heavy (non-hydrogen) atoms.